The Balaban J connectivity index is 2.08. The number of hydrogen-bond donors (Lipinski definition) is 0. The lowest BCUT2D eigenvalue weighted by molar-refractivity contribution is -0.645. The summed E-state index contributed by atoms with van der Waals surface area (Å²) >= 11 is 1.43. The summed E-state index contributed by atoms with van der Waals surface area (Å²) in [5.74, 6) is 0. The fraction of sp³-hybridized carbons (Fsp3) is 0. The van der Waals surface area contributed by atoms with E-state index in [2.05, 4.69) is 4.98 Å². The van der Waals surface area contributed by atoms with Crippen molar-refractivity contribution in [3.05, 3.63) is 66.1 Å². The molecule has 0 amide bonds. The summed E-state index contributed by atoms with van der Waals surface area (Å²) in [5, 5.41) is 13.4. The van der Waals surface area contributed by atoms with E-state index in [-0.39, 0.29) is 0 Å². The molecule has 0 bridgehead atoms. The fourth-order valence-electron chi connectivity index (χ4n) is 1.76. The summed E-state index contributed by atoms with van der Waals surface area (Å²) in [6, 6.07) is 15.3. The SMILES string of the molecule is [O-][n+]1ccccc1Sc1cccc2cccnc12. The van der Waals surface area contributed by atoms with Crippen LogP contribution in [-0.4, -0.2) is 4.98 Å². The van der Waals surface area contributed by atoms with Gasteiger partial charge in [-0.15, -0.1) is 0 Å². The number of hydrogen-bond acceptors (Lipinski definition) is 3. The van der Waals surface area contributed by atoms with Crippen molar-refractivity contribution in [2.75, 3.05) is 0 Å². The second-order valence-electron chi connectivity index (χ2n) is 3.80. The van der Waals surface area contributed by atoms with Crippen LogP contribution in [0.5, 0.6) is 0 Å². The Labute approximate surface area is 109 Å². The normalized spacial score (nSPS) is 10.7. The topological polar surface area (TPSA) is 39.8 Å². The third kappa shape index (κ3) is 2.02. The van der Waals surface area contributed by atoms with Crippen LogP contribution in [0.15, 0.2) is 70.8 Å². The maximum Gasteiger partial charge on any atom is 0.256 e. The first-order valence-electron chi connectivity index (χ1n) is 5.54. The highest BCUT2D eigenvalue weighted by Crippen LogP contribution is 2.30. The Bertz CT molecular complexity index is 695. The van der Waals surface area contributed by atoms with Gasteiger partial charge in [0, 0.05) is 28.6 Å². The molecule has 0 radical (unpaired) electrons. The van der Waals surface area contributed by atoms with Crippen molar-refractivity contribution in [2.45, 2.75) is 9.92 Å². The fourth-order valence-corrected chi connectivity index (χ4v) is 2.70. The van der Waals surface area contributed by atoms with E-state index in [0.717, 1.165) is 20.5 Å². The van der Waals surface area contributed by atoms with Crippen LogP contribution in [0, 0.1) is 5.21 Å². The van der Waals surface area contributed by atoms with Crippen LogP contribution in [0.2, 0.25) is 0 Å². The summed E-state index contributed by atoms with van der Waals surface area (Å²) in [5.41, 5.74) is 0.925. The molecular formula is C14H10N2OS. The van der Waals surface area contributed by atoms with E-state index in [9.17, 15) is 5.21 Å². The maximum absolute atomic E-state index is 11.6. The smallest absolute Gasteiger partial charge is 0.256 e. The van der Waals surface area contributed by atoms with E-state index < -0.39 is 0 Å². The lowest BCUT2D eigenvalue weighted by atomic mass is 10.2. The molecule has 2 aromatic heterocycles. The van der Waals surface area contributed by atoms with E-state index in [0.29, 0.717) is 5.03 Å². The van der Waals surface area contributed by atoms with Gasteiger partial charge in [-0.05, 0) is 30.0 Å². The molecule has 1 aromatic carbocycles. The van der Waals surface area contributed by atoms with Gasteiger partial charge in [-0.3, -0.25) is 4.98 Å². The third-order valence-corrected chi connectivity index (χ3v) is 3.67. The molecule has 18 heavy (non-hydrogen) atoms. The first-order chi connectivity index (χ1) is 8.84. The second-order valence-corrected chi connectivity index (χ2v) is 4.86. The monoisotopic (exact) mass is 254 g/mol. The summed E-state index contributed by atoms with van der Waals surface area (Å²) < 4.78 is 0.868. The molecule has 3 rings (SSSR count). The van der Waals surface area contributed by atoms with E-state index in [1.165, 1.54) is 18.0 Å². The Hall–Kier alpha value is -2.07. The van der Waals surface area contributed by atoms with Gasteiger partial charge in [0.25, 0.3) is 5.03 Å². The molecule has 3 aromatic rings. The highest BCUT2D eigenvalue weighted by molar-refractivity contribution is 7.99. The highest BCUT2D eigenvalue weighted by atomic mass is 32.2. The van der Waals surface area contributed by atoms with Crippen LogP contribution in [-0.2, 0) is 0 Å². The van der Waals surface area contributed by atoms with Crippen molar-refractivity contribution in [2.24, 2.45) is 0 Å². The van der Waals surface area contributed by atoms with Crippen LogP contribution in [0.25, 0.3) is 10.9 Å². The predicted octanol–water partition coefficient (Wildman–Crippen LogP) is 3.02. The first kappa shape index (κ1) is 11.0. The summed E-state index contributed by atoms with van der Waals surface area (Å²) in [6.45, 7) is 0. The molecule has 88 valence electrons. The van der Waals surface area contributed by atoms with Gasteiger partial charge in [0.2, 0.25) is 0 Å². The van der Waals surface area contributed by atoms with Gasteiger partial charge in [0.1, 0.15) is 0 Å². The van der Waals surface area contributed by atoms with Gasteiger partial charge in [-0.2, -0.15) is 4.73 Å². The summed E-state index contributed by atoms with van der Waals surface area (Å²) in [4.78, 5) is 5.36. The van der Waals surface area contributed by atoms with Crippen LogP contribution >= 0.6 is 11.8 Å². The van der Waals surface area contributed by atoms with Crippen molar-refractivity contribution in [3.63, 3.8) is 0 Å². The molecular weight excluding hydrogens is 244 g/mol. The Morgan fingerprint density at radius 1 is 1.00 bits per heavy atom. The zero-order valence-corrected chi connectivity index (χ0v) is 10.3. The van der Waals surface area contributed by atoms with Gasteiger partial charge in [-0.1, -0.05) is 18.2 Å². The summed E-state index contributed by atoms with van der Waals surface area (Å²) in [6.07, 6.45) is 3.27. The molecule has 0 saturated heterocycles. The Morgan fingerprint density at radius 2 is 1.89 bits per heavy atom. The third-order valence-electron chi connectivity index (χ3n) is 2.60. The van der Waals surface area contributed by atoms with Gasteiger partial charge in [0.05, 0.1) is 5.52 Å². The Morgan fingerprint density at radius 3 is 2.78 bits per heavy atom. The number of benzene rings is 1. The zero-order chi connectivity index (χ0) is 12.4. The number of pyridine rings is 2. The van der Waals surface area contributed by atoms with E-state index in [1.54, 1.807) is 18.3 Å². The van der Waals surface area contributed by atoms with Crippen LogP contribution in [0.1, 0.15) is 0 Å². The molecule has 0 spiro atoms. The zero-order valence-electron chi connectivity index (χ0n) is 9.48. The molecule has 0 aliphatic rings. The minimum Gasteiger partial charge on any atom is -0.618 e. The molecule has 0 fully saturated rings. The van der Waals surface area contributed by atoms with Gasteiger partial charge in [0.15, 0.2) is 6.20 Å². The van der Waals surface area contributed by atoms with E-state index >= 15 is 0 Å². The largest absolute Gasteiger partial charge is 0.618 e. The van der Waals surface area contributed by atoms with Crippen molar-refractivity contribution in [1.29, 1.82) is 0 Å². The Kier molecular flexibility index (Phi) is 2.86. The summed E-state index contributed by atoms with van der Waals surface area (Å²) in [7, 11) is 0. The van der Waals surface area contributed by atoms with E-state index in [4.69, 9.17) is 0 Å². The maximum atomic E-state index is 11.6. The molecule has 3 nitrogen and oxygen atoms in total. The van der Waals surface area contributed by atoms with Crippen molar-refractivity contribution in [1.82, 2.24) is 4.98 Å². The second kappa shape index (κ2) is 4.66. The van der Waals surface area contributed by atoms with Crippen LogP contribution in [0.3, 0.4) is 0 Å². The number of para-hydroxylation sites is 1. The molecule has 0 N–H and O–H groups in total. The highest BCUT2D eigenvalue weighted by Gasteiger charge is 2.09. The number of aromatic nitrogens is 2. The number of rotatable bonds is 2. The molecule has 0 atom stereocenters. The number of fused-ring (bicyclic) bond motifs is 1. The number of nitrogens with zero attached hydrogens (tertiary/aromatic N) is 2. The molecule has 4 heteroatoms. The molecule has 0 aliphatic heterocycles. The van der Waals surface area contributed by atoms with Gasteiger partial charge in [-0.25, -0.2) is 0 Å². The van der Waals surface area contributed by atoms with E-state index in [1.807, 2.05) is 36.4 Å². The first-order valence-corrected chi connectivity index (χ1v) is 6.36. The molecule has 0 aliphatic carbocycles. The average molecular weight is 254 g/mol. The average Bonchev–Trinajstić information content (AvgIpc) is 2.42. The quantitative estimate of drug-likeness (QED) is 0.521. The van der Waals surface area contributed by atoms with Gasteiger partial charge < -0.3 is 5.21 Å². The minimum absolute atomic E-state index is 0.649. The van der Waals surface area contributed by atoms with Gasteiger partial charge >= 0.3 is 0 Å². The predicted molar refractivity (Wildman–Crippen MR) is 71.3 cm³/mol. The lowest BCUT2D eigenvalue weighted by Gasteiger charge is -2.05. The lowest BCUT2D eigenvalue weighted by Crippen LogP contribution is -2.27. The van der Waals surface area contributed by atoms with Crippen molar-refractivity contribution >= 4 is 22.7 Å². The van der Waals surface area contributed by atoms with Crippen molar-refractivity contribution in [3.8, 4) is 0 Å². The van der Waals surface area contributed by atoms with Crippen LogP contribution in [0.4, 0.5) is 0 Å². The molecule has 0 unspecified atom stereocenters. The minimum atomic E-state index is 0.649. The molecule has 2 heterocycles. The standard InChI is InChI=1S/C14H10N2OS/c17-16-10-2-1-8-13(16)18-12-7-3-5-11-6-4-9-15-14(11)12/h1-10H. The molecule has 0 saturated carbocycles. The van der Waals surface area contributed by atoms with Crippen molar-refractivity contribution < 1.29 is 4.73 Å². The van der Waals surface area contributed by atoms with Crippen LogP contribution < -0.4 is 4.73 Å².